The first-order chi connectivity index (χ1) is 29.9. The lowest BCUT2D eigenvalue weighted by molar-refractivity contribution is 0.589. The van der Waals surface area contributed by atoms with Crippen molar-refractivity contribution in [3.05, 3.63) is 185 Å². The van der Waals surface area contributed by atoms with Gasteiger partial charge in [0.25, 0.3) is 0 Å². The van der Waals surface area contributed by atoms with E-state index in [1.54, 1.807) is 0 Å². The Morgan fingerprint density at radius 2 is 1.13 bits per heavy atom. The largest absolute Gasteiger partial charge is 0.376 e. The number of benzene rings is 7. The molecule has 4 heteroatoms. The van der Waals surface area contributed by atoms with E-state index in [2.05, 4.69) is 242 Å². The zero-order valence-electron chi connectivity index (χ0n) is 38.9. The van der Waals surface area contributed by atoms with Gasteiger partial charge in [-0.1, -0.05) is 167 Å². The number of hydrogen-bond acceptors (Lipinski definition) is 2. The summed E-state index contributed by atoms with van der Waals surface area (Å²) in [6, 6.07) is 57.9. The molecule has 0 radical (unpaired) electrons. The Bertz CT molecular complexity index is 3140. The molecule has 0 amide bonds. The maximum absolute atomic E-state index is 2.74. The molecule has 3 heterocycles. The summed E-state index contributed by atoms with van der Waals surface area (Å²) >= 11 is 0. The lowest BCUT2D eigenvalue weighted by atomic mass is 9.43. The number of aromatic nitrogens is 1. The van der Waals surface area contributed by atoms with Crippen LogP contribution in [0, 0.1) is 0 Å². The fourth-order valence-electron chi connectivity index (χ4n) is 11.1. The van der Waals surface area contributed by atoms with E-state index in [4.69, 9.17) is 0 Å². The molecule has 11 rings (SSSR count). The first-order valence-corrected chi connectivity index (χ1v) is 22.9. The van der Waals surface area contributed by atoms with Crippen LogP contribution in [0.4, 0.5) is 22.7 Å². The van der Waals surface area contributed by atoms with Gasteiger partial charge in [-0.05, 0) is 121 Å². The van der Waals surface area contributed by atoms with E-state index in [0.717, 1.165) is 11.4 Å². The second-order valence-corrected chi connectivity index (χ2v) is 21.9. The van der Waals surface area contributed by atoms with Crippen molar-refractivity contribution in [3.8, 4) is 5.69 Å². The maximum Gasteiger partial charge on any atom is 0.333 e. The van der Waals surface area contributed by atoms with Gasteiger partial charge in [0.2, 0.25) is 0 Å². The minimum absolute atomic E-state index is 0.0330. The van der Waals surface area contributed by atoms with Crippen LogP contribution in [0.25, 0.3) is 38.8 Å². The van der Waals surface area contributed by atoms with E-state index in [0.29, 0.717) is 0 Å². The lowest BCUT2D eigenvalue weighted by Gasteiger charge is -2.44. The third kappa shape index (κ3) is 5.79. The molecular formula is C59H58BN3. The first-order valence-electron chi connectivity index (χ1n) is 22.9. The predicted molar refractivity (Wildman–Crippen MR) is 272 cm³/mol. The zero-order chi connectivity index (χ0) is 44.0. The van der Waals surface area contributed by atoms with Crippen LogP contribution in [0.5, 0.6) is 0 Å². The van der Waals surface area contributed by atoms with Crippen molar-refractivity contribution in [2.45, 2.75) is 97.8 Å². The first kappa shape index (κ1) is 39.6. The van der Waals surface area contributed by atoms with E-state index < -0.39 is 0 Å². The molecular weight excluding hydrogens is 761 g/mol. The predicted octanol–water partition coefficient (Wildman–Crippen LogP) is 14.2. The summed E-state index contributed by atoms with van der Waals surface area (Å²) in [5.41, 5.74) is 21.8. The summed E-state index contributed by atoms with van der Waals surface area (Å²) in [6.45, 7) is 25.9. The van der Waals surface area contributed by atoms with Crippen LogP contribution in [0.1, 0.15) is 110 Å². The minimum Gasteiger partial charge on any atom is -0.376 e. The van der Waals surface area contributed by atoms with E-state index in [-0.39, 0.29) is 28.5 Å². The molecule has 2 aliphatic heterocycles. The average Bonchev–Trinajstić information content (AvgIpc) is 3.72. The van der Waals surface area contributed by atoms with E-state index in [1.165, 1.54) is 94.4 Å². The van der Waals surface area contributed by atoms with Crippen LogP contribution < -0.4 is 20.6 Å². The number of hydrogen-bond donors (Lipinski definition) is 0. The summed E-state index contributed by atoms with van der Waals surface area (Å²) in [5, 5.41) is 2.57. The molecule has 0 spiro atoms. The van der Waals surface area contributed by atoms with Crippen LogP contribution in [-0.4, -0.2) is 11.4 Å². The molecule has 0 N–H and O–H groups in total. The van der Waals surface area contributed by atoms with Crippen LogP contribution >= 0.6 is 0 Å². The van der Waals surface area contributed by atoms with Crippen molar-refractivity contribution >= 4 is 73.6 Å². The number of para-hydroxylation sites is 2. The second-order valence-electron chi connectivity index (χ2n) is 21.9. The van der Waals surface area contributed by atoms with Crippen molar-refractivity contribution in [1.82, 2.24) is 4.57 Å². The highest BCUT2D eigenvalue weighted by Gasteiger charge is 2.52. The van der Waals surface area contributed by atoms with Gasteiger partial charge in [-0.15, -0.1) is 0 Å². The van der Waals surface area contributed by atoms with Gasteiger partial charge >= 0.3 is 6.85 Å². The Kier molecular flexibility index (Phi) is 8.41. The van der Waals surface area contributed by atoms with Crippen LogP contribution in [0.15, 0.2) is 152 Å². The van der Waals surface area contributed by atoms with Crippen LogP contribution in [0.3, 0.4) is 0 Å². The van der Waals surface area contributed by atoms with Gasteiger partial charge in [0.1, 0.15) is 0 Å². The van der Waals surface area contributed by atoms with Gasteiger partial charge in [0, 0.05) is 50.2 Å². The van der Waals surface area contributed by atoms with Gasteiger partial charge in [-0.3, -0.25) is 0 Å². The monoisotopic (exact) mass is 819 g/mol. The molecule has 3 nitrogen and oxygen atoms in total. The van der Waals surface area contributed by atoms with Crippen molar-refractivity contribution in [2.75, 3.05) is 9.71 Å². The number of fused-ring (bicyclic) bond motifs is 8. The SMILES string of the molecule is CC(C)(C)c1ccc(N2B3c4c(cc(C(C)(C)C)cc4-n4c5ccc(C(C)(C)C)cc5c5c(N(c6ccccc6)c6ccccc6)ccc3c54)C3=C2c2ccccc2C3(C)C)cc1. The van der Waals surface area contributed by atoms with E-state index in [9.17, 15) is 0 Å². The second kappa shape index (κ2) is 13.4. The molecule has 0 atom stereocenters. The van der Waals surface area contributed by atoms with Crippen molar-refractivity contribution in [2.24, 2.45) is 0 Å². The Labute approximate surface area is 374 Å². The summed E-state index contributed by atoms with van der Waals surface area (Å²) in [6.07, 6.45) is 0. The molecule has 8 aromatic rings. The minimum atomic E-state index is -0.226. The highest BCUT2D eigenvalue weighted by Crippen LogP contribution is 2.56. The van der Waals surface area contributed by atoms with Crippen molar-refractivity contribution in [3.63, 3.8) is 0 Å². The Morgan fingerprint density at radius 3 is 1.75 bits per heavy atom. The molecule has 0 bridgehead atoms. The summed E-state index contributed by atoms with van der Waals surface area (Å²) in [5.74, 6) is 0. The fourth-order valence-corrected chi connectivity index (χ4v) is 11.1. The highest BCUT2D eigenvalue weighted by atomic mass is 15.2. The summed E-state index contributed by atoms with van der Waals surface area (Å²) in [4.78, 5) is 5.21. The molecule has 312 valence electrons. The Morgan fingerprint density at radius 1 is 0.540 bits per heavy atom. The maximum atomic E-state index is 2.74. The Hall–Kier alpha value is -6.26. The number of anilines is 4. The molecule has 0 unspecified atom stereocenters. The lowest BCUT2D eigenvalue weighted by Crippen LogP contribution is -2.62. The molecule has 0 saturated heterocycles. The van der Waals surface area contributed by atoms with Gasteiger partial charge in [-0.25, -0.2) is 0 Å². The van der Waals surface area contributed by atoms with Crippen molar-refractivity contribution < 1.29 is 0 Å². The normalized spacial score (nSPS) is 15.2. The van der Waals surface area contributed by atoms with E-state index in [1.807, 2.05) is 0 Å². The number of allylic oxidation sites excluding steroid dienone is 1. The highest BCUT2D eigenvalue weighted by molar-refractivity contribution is 6.94. The molecule has 63 heavy (non-hydrogen) atoms. The average molecular weight is 820 g/mol. The van der Waals surface area contributed by atoms with Gasteiger partial charge in [0.05, 0.1) is 16.7 Å². The molecule has 7 aromatic carbocycles. The standard InChI is InChI=1S/C59H58BN3/c1-56(2,3)37-26-29-42(30-27-37)63-54-43-24-18-19-25-46(43)59(10,11)52(54)45-35-39(58(7,8)9)36-50-53(45)60(63)47-31-33-49(61(40-20-14-12-15-21-40)41-22-16-13-17-23-41)51-44-34-38(57(4,5)6)28-32-48(44)62(50)55(47)51/h12-36H,1-11H3. The molecule has 3 aliphatic rings. The summed E-state index contributed by atoms with van der Waals surface area (Å²) < 4.78 is 2.66. The molecule has 1 aromatic heterocycles. The summed E-state index contributed by atoms with van der Waals surface area (Å²) in [7, 11) is 0. The molecule has 0 saturated carbocycles. The quantitative estimate of drug-likeness (QED) is 0.164. The molecule has 0 fully saturated rings. The fraction of sp³-hybridized carbons (Fsp3) is 0.254. The van der Waals surface area contributed by atoms with Gasteiger partial charge < -0.3 is 14.3 Å². The number of rotatable bonds is 4. The van der Waals surface area contributed by atoms with Gasteiger partial charge in [0.15, 0.2) is 0 Å². The van der Waals surface area contributed by atoms with Gasteiger partial charge in [-0.2, -0.15) is 0 Å². The number of nitrogens with zero attached hydrogens (tertiary/aromatic N) is 3. The topological polar surface area (TPSA) is 11.4 Å². The van der Waals surface area contributed by atoms with E-state index >= 15 is 0 Å². The smallest absolute Gasteiger partial charge is 0.333 e. The third-order valence-corrected chi connectivity index (χ3v) is 14.4. The van der Waals surface area contributed by atoms with Crippen LogP contribution in [0.2, 0.25) is 0 Å². The third-order valence-electron chi connectivity index (χ3n) is 14.4. The molecule has 1 aliphatic carbocycles. The zero-order valence-corrected chi connectivity index (χ0v) is 38.9. The van der Waals surface area contributed by atoms with Crippen LogP contribution in [-0.2, 0) is 21.7 Å². The Balaban J connectivity index is 1.33. The van der Waals surface area contributed by atoms with Crippen molar-refractivity contribution in [1.29, 1.82) is 0 Å².